The average molecular weight is 259 g/mol. The van der Waals surface area contributed by atoms with Gasteiger partial charge in [0.15, 0.2) is 0 Å². The quantitative estimate of drug-likeness (QED) is 0.796. The molecule has 0 saturated heterocycles. The van der Waals surface area contributed by atoms with Crippen LogP contribution in [0.5, 0.6) is 0 Å². The number of hydrogen-bond acceptors (Lipinski definition) is 4. The summed E-state index contributed by atoms with van der Waals surface area (Å²) in [4.78, 5) is 4.51. The molecule has 0 radical (unpaired) electrons. The molecule has 1 aromatic heterocycles. The zero-order valence-corrected chi connectivity index (χ0v) is 11.6. The van der Waals surface area contributed by atoms with Gasteiger partial charge in [0.2, 0.25) is 11.7 Å². The van der Waals surface area contributed by atoms with Crippen LogP contribution in [-0.2, 0) is 0 Å². The van der Waals surface area contributed by atoms with Crippen molar-refractivity contribution in [1.29, 1.82) is 0 Å². The lowest BCUT2D eigenvalue weighted by molar-refractivity contribution is 0.340. The molecular weight excluding hydrogens is 238 g/mol. The highest BCUT2D eigenvalue weighted by Gasteiger charge is 2.18. The second-order valence-corrected chi connectivity index (χ2v) is 4.79. The number of benzene rings is 1. The number of anilines is 1. The Morgan fingerprint density at radius 3 is 2.74 bits per heavy atom. The first-order chi connectivity index (χ1) is 9.26. The van der Waals surface area contributed by atoms with Gasteiger partial charge in [-0.2, -0.15) is 4.98 Å². The van der Waals surface area contributed by atoms with Gasteiger partial charge in [-0.05, 0) is 25.0 Å². The van der Waals surface area contributed by atoms with E-state index in [1.807, 2.05) is 24.3 Å². The van der Waals surface area contributed by atoms with Crippen LogP contribution in [0.25, 0.3) is 11.4 Å². The van der Waals surface area contributed by atoms with Gasteiger partial charge in [-0.15, -0.1) is 0 Å². The van der Waals surface area contributed by atoms with Crippen molar-refractivity contribution in [2.45, 2.75) is 45.4 Å². The predicted molar refractivity (Wildman–Crippen MR) is 76.7 cm³/mol. The van der Waals surface area contributed by atoms with Gasteiger partial charge in [0.25, 0.3) is 0 Å². The molecule has 0 aliphatic heterocycles. The molecule has 1 atom stereocenters. The molecule has 0 spiro atoms. The third kappa shape index (κ3) is 3.13. The van der Waals surface area contributed by atoms with Gasteiger partial charge in [0.05, 0.1) is 0 Å². The van der Waals surface area contributed by atoms with E-state index in [9.17, 15) is 0 Å². The standard InChI is InChI=1S/C15H21N3O/c1-3-5-8-11(4-2)15-17-14(18-19-15)12-9-6-7-10-13(12)16/h6-7,9-11H,3-5,8,16H2,1-2H3. The van der Waals surface area contributed by atoms with Crippen molar-refractivity contribution in [1.82, 2.24) is 10.1 Å². The van der Waals surface area contributed by atoms with Crippen LogP contribution in [0.4, 0.5) is 5.69 Å². The van der Waals surface area contributed by atoms with E-state index >= 15 is 0 Å². The summed E-state index contributed by atoms with van der Waals surface area (Å²) in [6.07, 6.45) is 4.48. The van der Waals surface area contributed by atoms with E-state index in [2.05, 4.69) is 24.0 Å². The van der Waals surface area contributed by atoms with E-state index in [4.69, 9.17) is 10.3 Å². The van der Waals surface area contributed by atoms with E-state index in [-0.39, 0.29) is 0 Å². The number of nitrogens with zero attached hydrogens (tertiary/aromatic N) is 2. The molecule has 0 aliphatic carbocycles. The van der Waals surface area contributed by atoms with Gasteiger partial charge in [-0.25, -0.2) is 0 Å². The summed E-state index contributed by atoms with van der Waals surface area (Å²) < 4.78 is 5.41. The van der Waals surface area contributed by atoms with Crippen molar-refractivity contribution < 1.29 is 4.52 Å². The molecule has 0 aliphatic rings. The number of hydrogen-bond donors (Lipinski definition) is 1. The van der Waals surface area contributed by atoms with Crippen molar-refractivity contribution >= 4 is 5.69 Å². The Morgan fingerprint density at radius 2 is 2.05 bits per heavy atom. The van der Waals surface area contributed by atoms with Gasteiger partial charge in [0.1, 0.15) is 0 Å². The lowest BCUT2D eigenvalue weighted by Crippen LogP contribution is -1.98. The van der Waals surface area contributed by atoms with Crippen LogP contribution in [0.2, 0.25) is 0 Å². The molecule has 2 N–H and O–H groups in total. The van der Waals surface area contributed by atoms with Crippen LogP contribution in [0.1, 0.15) is 51.3 Å². The molecule has 1 unspecified atom stereocenters. The fourth-order valence-corrected chi connectivity index (χ4v) is 2.16. The van der Waals surface area contributed by atoms with Gasteiger partial charge in [-0.1, -0.05) is 44.0 Å². The number of unbranched alkanes of at least 4 members (excludes halogenated alkanes) is 1. The zero-order chi connectivity index (χ0) is 13.7. The predicted octanol–water partition coefficient (Wildman–Crippen LogP) is 4.00. The molecule has 19 heavy (non-hydrogen) atoms. The summed E-state index contributed by atoms with van der Waals surface area (Å²) in [5, 5.41) is 4.06. The lowest BCUT2D eigenvalue weighted by Gasteiger charge is -2.08. The maximum absolute atomic E-state index is 5.93. The van der Waals surface area contributed by atoms with E-state index in [1.54, 1.807) is 0 Å². The number of nitrogens with two attached hydrogens (primary N) is 1. The summed E-state index contributed by atoms with van der Waals surface area (Å²) in [5.41, 5.74) is 7.44. The van der Waals surface area contributed by atoms with Gasteiger partial charge in [0, 0.05) is 17.2 Å². The molecule has 102 valence electrons. The van der Waals surface area contributed by atoms with Crippen molar-refractivity contribution in [3.05, 3.63) is 30.2 Å². The lowest BCUT2D eigenvalue weighted by atomic mass is 9.99. The third-order valence-electron chi connectivity index (χ3n) is 3.39. The molecule has 0 bridgehead atoms. The minimum absolute atomic E-state index is 0.353. The highest BCUT2D eigenvalue weighted by atomic mass is 16.5. The minimum atomic E-state index is 0.353. The molecule has 1 aromatic carbocycles. The number of nitrogen functional groups attached to an aromatic ring is 1. The van der Waals surface area contributed by atoms with Gasteiger partial charge < -0.3 is 10.3 Å². The molecule has 2 aromatic rings. The largest absolute Gasteiger partial charge is 0.398 e. The van der Waals surface area contributed by atoms with Crippen LogP contribution < -0.4 is 5.73 Å². The maximum Gasteiger partial charge on any atom is 0.230 e. The number of rotatable bonds is 6. The third-order valence-corrected chi connectivity index (χ3v) is 3.39. The maximum atomic E-state index is 5.93. The average Bonchev–Trinajstić information content (AvgIpc) is 2.90. The molecule has 0 amide bonds. The Morgan fingerprint density at radius 1 is 1.26 bits per heavy atom. The smallest absolute Gasteiger partial charge is 0.230 e. The van der Waals surface area contributed by atoms with Crippen LogP contribution in [0.3, 0.4) is 0 Å². The molecular formula is C15H21N3O. The van der Waals surface area contributed by atoms with Crippen molar-refractivity contribution in [2.24, 2.45) is 0 Å². The summed E-state index contributed by atoms with van der Waals surface area (Å²) in [7, 11) is 0. The first-order valence-corrected chi connectivity index (χ1v) is 6.94. The summed E-state index contributed by atoms with van der Waals surface area (Å²) in [5.74, 6) is 1.67. The van der Waals surface area contributed by atoms with Crippen molar-refractivity contribution in [2.75, 3.05) is 5.73 Å². The van der Waals surface area contributed by atoms with Crippen LogP contribution >= 0.6 is 0 Å². The van der Waals surface area contributed by atoms with E-state index < -0.39 is 0 Å². The second-order valence-electron chi connectivity index (χ2n) is 4.79. The highest BCUT2D eigenvalue weighted by molar-refractivity contribution is 5.70. The SMILES string of the molecule is CCCCC(CC)c1nc(-c2ccccc2N)no1. The topological polar surface area (TPSA) is 64.9 Å². The van der Waals surface area contributed by atoms with E-state index in [0.29, 0.717) is 17.4 Å². The summed E-state index contributed by atoms with van der Waals surface area (Å²) in [6, 6.07) is 7.59. The van der Waals surface area contributed by atoms with E-state index in [0.717, 1.165) is 24.3 Å². The normalized spacial score (nSPS) is 12.5. The van der Waals surface area contributed by atoms with Crippen LogP contribution in [-0.4, -0.2) is 10.1 Å². The van der Waals surface area contributed by atoms with Crippen LogP contribution in [0, 0.1) is 0 Å². The number of aromatic nitrogens is 2. The Hall–Kier alpha value is -1.84. The highest BCUT2D eigenvalue weighted by Crippen LogP contribution is 2.28. The Balaban J connectivity index is 2.21. The van der Waals surface area contributed by atoms with Crippen molar-refractivity contribution in [3.63, 3.8) is 0 Å². The molecule has 0 saturated carbocycles. The monoisotopic (exact) mass is 259 g/mol. The fraction of sp³-hybridized carbons (Fsp3) is 0.467. The van der Waals surface area contributed by atoms with Crippen LogP contribution in [0.15, 0.2) is 28.8 Å². The first-order valence-electron chi connectivity index (χ1n) is 6.94. The van der Waals surface area contributed by atoms with E-state index in [1.165, 1.54) is 12.8 Å². The second kappa shape index (κ2) is 6.36. The van der Waals surface area contributed by atoms with Gasteiger partial charge >= 0.3 is 0 Å². The fourth-order valence-electron chi connectivity index (χ4n) is 2.16. The molecule has 4 heteroatoms. The number of para-hydroxylation sites is 1. The molecule has 2 rings (SSSR count). The molecule has 1 heterocycles. The zero-order valence-electron chi connectivity index (χ0n) is 11.6. The first kappa shape index (κ1) is 13.6. The minimum Gasteiger partial charge on any atom is -0.398 e. The summed E-state index contributed by atoms with van der Waals surface area (Å²) >= 11 is 0. The summed E-state index contributed by atoms with van der Waals surface area (Å²) in [6.45, 7) is 4.34. The molecule has 4 nitrogen and oxygen atoms in total. The van der Waals surface area contributed by atoms with Gasteiger partial charge in [-0.3, -0.25) is 0 Å². The Kier molecular flexibility index (Phi) is 4.55. The van der Waals surface area contributed by atoms with Crippen molar-refractivity contribution in [3.8, 4) is 11.4 Å². The Bertz CT molecular complexity index is 522. The molecule has 0 fully saturated rings. The Labute approximate surface area is 114 Å².